The summed E-state index contributed by atoms with van der Waals surface area (Å²) in [5, 5.41) is 9.40. The van der Waals surface area contributed by atoms with Crippen LogP contribution in [-0.4, -0.2) is 39.7 Å². The third-order valence-electron chi connectivity index (χ3n) is 2.37. The average molecular weight is 307 g/mol. The fourth-order valence-corrected chi connectivity index (χ4v) is 4.03. The molecule has 0 aromatic heterocycles. The van der Waals surface area contributed by atoms with E-state index < -0.39 is 37.5 Å². The summed E-state index contributed by atoms with van der Waals surface area (Å²) in [6, 6.07) is 6.31. The Bertz CT molecular complexity index is 635. The molecule has 0 bridgehead atoms. The predicted octanol–water partition coefficient (Wildman–Crippen LogP) is 0.526. The summed E-state index contributed by atoms with van der Waals surface area (Å²) < 4.78 is 47.6. The van der Waals surface area contributed by atoms with Crippen LogP contribution in [0.2, 0.25) is 0 Å². The normalized spacial score (nSPS) is 14.1. The van der Waals surface area contributed by atoms with Crippen molar-refractivity contribution < 1.29 is 21.9 Å². The highest BCUT2D eigenvalue weighted by atomic mass is 32.2. The van der Waals surface area contributed by atoms with Crippen LogP contribution < -0.4 is 4.72 Å². The van der Waals surface area contributed by atoms with Crippen LogP contribution in [0, 0.1) is 0 Å². The van der Waals surface area contributed by atoms with E-state index >= 15 is 0 Å². The smallest absolute Gasteiger partial charge is 0.233 e. The quantitative estimate of drug-likeness (QED) is 0.798. The molecule has 1 rings (SSSR count). The van der Waals surface area contributed by atoms with E-state index in [9.17, 15) is 21.9 Å². The number of rotatable bonds is 6. The van der Waals surface area contributed by atoms with Gasteiger partial charge in [-0.25, -0.2) is 16.8 Å². The molecule has 1 aromatic rings. The topological polar surface area (TPSA) is 101 Å². The second kappa shape index (κ2) is 5.89. The molecule has 0 heterocycles. The van der Waals surface area contributed by atoms with Gasteiger partial charge in [-0.15, -0.1) is 0 Å². The van der Waals surface area contributed by atoms with Crippen LogP contribution in [0.15, 0.2) is 24.3 Å². The first-order valence-corrected chi connectivity index (χ1v) is 9.26. The number of aliphatic hydroxyl groups excluding tert-OH is 1. The number of sulfone groups is 1. The summed E-state index contributed by atoms with van der Waals surface area (Å²) in [5.41, 5.74) is 0.871. The van der Waals surface area contributed by atoms with Crippen LogP contribution in [0.4, 0.5) is 5.69 Å². The molecule has 0 saturated carbocycles. The number of anilines is 1. The molecular weight excluding hydrogens is 290 g/mol. The SMILES string of the molecule is CC(O)c1cccc(NS(=O)(=O)CCS(C)(=O)=O)c1. The van der Waals surface area contributed by atoms with E-state index in [2.05, 4.69) is 4.72 Å². The van der Waals surface area contributed by atoms with E-state index in [1.165, 1.54) is 12.1 Å². The first-order valence-electron chi connectivity index (χ1n) is 5.55. The van der Waals surface area contributed by atoms with Crippen molar-refractivity contribution in [3.63, 3.8) is 0 Å². The summed E-state index contributed by atoms with van der Waals surface area (Å²) in [4.78, 5) is 0. The molecule has 19 heavy (non-hydrogen) atoms. The monoisotopic (exact) mass is 307 g/mol. The Balaban J connectivity index is 2.81. The molecule has 0 aliphatic carbocycles. The molecule has 1 unspecified atom stereocenters. The maximum absolute atomic E-state index is 11.7. The van der Waals surface area contributed by atoms with E-state index in [-0.39, 0.29) is 0 Å². The van der Waals surface area contributed by atoms with E-state index in [1.54, 1.807) is 19.1 Å². The fourth-order valence-electron chi connectivity index (χ4n) is 1.35. The lowest BCUT2D eigenvalue weighted by Gasteiger charge is -2.10. The van der Waals surface area contributed by atoms with E-state index in [4.69, 9.17) is 0 Å². The zero-order valence-corrected chi connectivity index (χ0v) is 12.3. The maximum Gasteiger partial charge on any atom is 0.233 e. The molecule has 6 nitrogen and oxygen atoms in total. The van der Waals surface area contributed by atoms with E-state index in [0.717, 1.165) is 6.26 Å². The lowest BCUT2D eigenvalue weighted by Crippen LogP contribution is -2.22. The largest absolute Gasteiger partial charge is 0.389 e. The van der Waals surface area contributed by atoms with Gasteiger partial charge in [0.1, 0.15) is 9.84 Å². The Morgan fingerprint density at radius 3 is 2.37 bits per heavy atom. The van der Waals surface area contributed by atoms with Crippen LogP contribution in [0.3, 0.4) is 0 Å². The molecule has 0 radical (unpaired) electrons. The van der Waals surface area contributed by atoms with Crippen molar-refractivity contribution in [2.75, 3.05) is 22.5 Å². The standard InChI is InChI=1S/C11H17NO5S2/c1-9(13)10-4-3-5-11(8-10)12-19(16,17)7-6-18(2,14)15/h3-5,8-9,12-13H,6-7H2,1-2H3. The van der Waals surface area contributed by atoms with Gasteiger partial charge in [0.25, 0.3) is 0 Å². The molecule has 8 heteroatoms. The molecule has 0 amide bonds. The second-order valence-electron chi connectivity index (χ2n) is 4.35. The van der Waals surface area contributed by atoms with Gasteiger partial charge in [-0.05, 0) is 24.6 Å². The van der Waals surface area contributed by atoms with Crippen molar-refractivity contribution in [1.82, 2.24) is 0 Å². The van der Waals surface area contributed by atoms with Crippen LogP contribution in [-0.2, 0) is 19.9 Å². The molecule has 1 aromatic carbocycles. The van der Waals surface area contributed by atoms with Crippen molar-refractivity contribution in [1.29, 1.82) is 0 Å². The zero-order valence-electron chi connectivity index (χ0n) is 10.7. The summed E-state index contributed by atoms with van der Waals surface area (Å²) in [7, 11) is -7.05. The number of hydrogen-bond acceptors (Lipinski definition) is 5. The Morgan fingerprint density at radius 1 is 1.21 bits per heavy atom. The molecular formula is C11H17NO5S2. The van der Waals surface area contributed by atoms with Gasteiger partial charge >= 0.3 is 0 Å². The number of benzene rings is 1. The minimum Gasteiger partial charge on any atom is -0.389 e. The molecule has 0 spiro atoms. The van der Waals surface area contributed by atoms with Gasteiger partial charge < -0.3 is 5.11 Å². The predicted molar refractivity (Wildman–Crippen MR) is 74.2 cm³/mol. The first kappa shape index (κ1) is 15.9. The van der Waals surface area contributed by atoms with Gasteiger partial charge in [0, 0.05) is 11.9 Å². The Hall–Kier alpha value is -1.12. The molecule has 0 fully saturated rings. The summed E-state index contributed by atoms with van der Waals surface area (Å²) in [5.74, 6) is -0.927. The average Bonchev–Trinajstić information content (AvgIpc) is 2.25. The Morgan fingerprint density at radius 2 is 1.84 bits per heavy atom. The van der Waals surface area contributed by atoms with Crippen molar-refractivity contribution in [2.24, 2.45) is 0 Å². The van der Waals surface area contributed by atoms with Gasteiger partial charge in [-0.3, -0.25) is 4.72 Å². The fraction of sp³-hybridized carbons (Fsp3) is 0.455. The minimum atomic E-state index is -3.72. The number of hydrogen-bond donors (Lipinski definition) is 2. The summed E-state index contributed by atoms with van der Waals surface area (Å²) >= 11 is 0. The van der Waals surface area contributed by atoms with Crippen LogP contribution in [0.5, 0.6) is 0 Å². The maximum atomic E-state index is 11.7. The van der Waals surface area contributed by atoms with Crippen molar-refractivity contribution in [3.8, 4) is 0 Å². The number of nitrogens with one attached hydrogen (secondary N) is 1. The van der Waals surface area contributed by atoms with E-state index in [1.807, 2.05) is 0 Å². The summed E-state index contributed by atoms with van der Waals surface area (Å²) in [6.45, 7) is 1.57. The van der Waals surface area contributed by atoms with Gasteiger partial charge in [0.2, 0.25) is 10.0 Å². The molecule has 0 aliphatic heterocycles. The lowest BCUT2D eigenvalue weighted by atomic mass is 10.1. The highest BCUT2D eigenvalue weighted by Crippen LogP contribution is 2.18. The van der Waals surface area contributed by atoms with E-state index in [0.29, 0.717) is 11.3 Å². The number of sulfonamides is 1. The molecule has 108 valence electrons. The van der Waals surface area contributed by atoms with Crippen molar-refractivity contribution in [3.05, 3.63) is 29.8 Å². The van der Waals surface area contributed by atoms with Gasteiger partial charge in [-0.1, -0.05) is 12.1 Å². The van der Waals surface area contributed by atoms with Crippen LogP contribution in [0.25, 0.3) is 0 Å². The minimum absolute atomic E-state index is 0.298. The second-order valence-corrected chi connectivity index (χ2v) is 8.45. The van der Waals surface area contributed by atoms with Gasteiger partial charge in [0.15, 0.2) is 0 Å². The molecule has 2 N–H and O–H groups in total. The third-order valence-corrected chi connectivity index (χ3v) is 4.86. The molecule has 0 aliphatic rings. The van der Waals surface area contributed by atoms with Crippen LogP contribution >= 0.6 is 0 Å². The van der Waals surface area contributed by atoms with Crippen molar-refractivity contribution in [2.45, 2.75) is 13.0 Å². The third kappa shape index (κ3) is 6.04. The molecule has 0 saturated heterocycles. The van der Waals surface area contributed by atoms with Crippen LogP contribution in [0.1, 0.15) is 18.6 Å². The number of aliphatic hydroxyl groups is 1. The summed E-state index contributed by atoms with van der Waals surface area (Å²) in [6.07, 6.45) is 0.275. The van der Waals surface area contributed by atoms with Crippen molar-refractivity contribution >= 4 is 25.5 Å². The zero-order chi connectivity index (χ0) is 14.7. The van der Waals surface area contributed by atoms with Gasteiger partial charge in [0.05, 0.1) is 17.6 Å². The highest BCUT2D eigenvalue weighted by Gasteiger charge is 2.15. The molecule has 1 atom stereocenters. The van der Waals surface area contributed by atoms with Gasteiger partial charge in [-0.2, -0.15) is 0 Å². The highest BCUT2D eigenvalue weighted by molar-refractivity contribution is 7.95. The Kier molecular flexibility index (Phi) is 4.94. The first-order chi connectivity index (χ1) is 8.59. The lowest BCUT2D eigenvalue weighted by molar-refractivity contribution is 0.199. The Labute approximate surface area is 113 Å².